The largest absolute Gasteiger partial charge is 0.357 e. The molecule has 1 fully saturated rings. The van der Waals surface area contributed by atoms with Gasteiger partial charge in [-0.3, -0.25) is 24.4 Å². The molecular formula is C17H19N5O3S. The molecule has 0 spiro atoms. The van der Waals surface area contributed by atoms with Crippen LogP contribution in [0, 0.1) is 0 Å². The van der Waals surface area contributed by atoms with Crippen LogP contribution < -0.4 is 10.6 Å². The van der Waals surface area contributed by atoms with Gasteiger partial charge >= 0.3 is 0 Å². The zero-order valence-electron chi connectivity index (χ0n) is 14.2. The van der Waals surface area contributed by atoms with E-state index in [9.17, 15) is 14.4 Å². The number of likely N-dealkylation sites (tertiary alicyclic amines) is 1. The van der Waals surface area contributed by atoms with Gasteiger partial charge in [-0.1, -0.05) is 6.07 Å². The number of hydrogen-bond acceptors (Lipinski definition) is 6. The second-order valence-electron chi connectivity index (χ2n) is 5.93. The molecule has 0 aromatic carbocycles. The third kappa shape index (κ3) is 4.05. The van der Waals surface area contributed by atoms with Crippen LogP contribution in [0.4, 0.5) is 0 Å². The van der Waals surface area contributed by atoms with Crippen LogP contribution >= 0.6 is 11.3 Å². The molecular weight excluding hydrogens is 354 g/mol. The summed E-state index contributed by atoms with van der Waals surface area (Å²) in [4.78, 5) is 47.3. The first-order valence-electron chi connectivity index (χ1n) is 8.18. The highest BCUT2D eigenvalue weighted by Crippen LogP contribution is 2.20. The molecule has 8 nitrogen and oxygen atoms in total. The third-order valence-electron chi connectivity index (χ3n) is 4.20. The molecule has 0 radical (unpaired) electrons. The molecule has 1 aliphatic rings. The number of amides is 3. The highest BCUT2D eigenvalue weighted by Gasteiger charge is 2.39. The fraction of sp³-hybridized carbons (Fsp3) is 0.353. The van der Waals surface area contributed by atoms with Crippen LogP contribution in [0.1, 0.15) is 21.8 Å². The lowest BCUT2D eigenvalue weighted by Crippen LogP contribution is -2.45. The first kappa shape index (κ1) is 18.0. The van der Waals surface area contributed by atoms with E-state index in [0.717, 1.165) is 0 Å². The average molecular weight is 373 g/mol. The number of aromatic nitrogens is 2. The van der Waals surface area contributed by atoms with Gasteiger partial charge in [-0.2, -0.15) is 0 Å². The summed E-state index contributed by atoms with van der Waals surface area (Å²) in [5, 5.41) is 7.32. The van der Waals surface area contributed by atoms with E-state index in [4.69, 9.17) is 0 Å². The standard InChI is InChI=1S/C17H19N5O3S/c1-18-16(24)13-7-12(21-17(25)14-3-2-6-26-14)10-22(13)15(23)8-11-9-19-4-5-20-11/h2-6,9,12-13H,7-8,10H2,1H3,(H,18,24)(H,21,25)/t12-,13+/m1/s1. The lowest BCUT2D eigenvalue weighted by molar-refractivity contribution is -0.137. The number of hydrogen-bond donors (Lipinski definition) is 2. The van der Waals surface area contributed by atoms with E-state index in [1.165, 1.54) is 41.9 Å². The molecule has 3 amide bonds. The lowest BCUT2D eigenvalue weighted by Gasteiger charge is -2.23. The van der Waals surface area contributed by atoms with E-state index < -0.39 is 6.04 Å². The van der Waals surface area contributed by atoms with Gasteiger partial charge in [0, 0.05) is 38.2 Å². The van der Waals surface area contributed by atoms with Crippen molar-refractivity contribution >= 4 is 29.1 Å². The minimum Gasteiger partial charge on any atom is -0.357 e. The van der Waals surface area contributed by atoms with Crippen molar-refractivity contribution in [3.63, 3.8) is 0 Å². The van der Waals surface area contributed by atoms with Gasteiger partial charge in [0.2, 0.25) is 11.8 Å². The summed E-state index contributed by atoms with van der Waals surface area (Å²) in [6.07, 6.45) is 5.02. The summed E-state index contributed by atoms with van der Waals surface area (Å²) < 4.78 is 0. The number of carbonyl (C=O) groups is 3. The Morgan fingerprint density at radius 3 is 2.85 bits per heavy atom. The van der Waals surface area contributed by atoms with Crippen LogP contribution in [0.5, 0.6) is 0 Å². The second kappa shape index (κ2) is 8.05. The van der Waals surface area contributed by atoms with Crippen molar-refractivity contribution in [1.29, 1.82) is 0 Å². The van der Waals surface area contributed by atoms with E-state index in [1.54, 1.807) is 12.1 Å². The Balaban J connectivity index is 1.69. The Kier molecular flexibility index (Phi) is 5.57. The molecule has 0 saturated carbocycles. The van der Waals surface area contributed by atoms with E-state index in [2.05, 4.69) is 20.6 Å². The maximum Gasteiger partial charge on any atom is 0.261 e. The topological polar surface area (TPSA) is 104 Å². The summed E-state index contributed by atoms with van der Waals surface area (Å²) in [5.74, 6) is -0.652. The summed E-state index contributed by atoms with van der Waals surface area (Å²) in [7, 11) is 1.53. The van der Waals surface area contributed by atoms with Gasteiger partial charge < -0.3 is 15.5 Å². The zero-order valence-corrected chi connectivity index (χ0v) is 15.0. The number of nitrogens with zero attached hydrogens (tertiary/aromatic N) is 3. The maximum absolute atomic E-state index is 12.7. The zero-order chi connectivity index (χ0) is 18.5. The summed E-state index contributed by atoms with van der Waals surface area (Å²) in [5.41, 5.74) is 0.541. The molecule has 0 aliphatic carbocycles. The SMILES string of the molecule is CNC(=O)[C@@H]1C[C@@H](NC(=O)c2cccs2)CN1C(=O)Cc1cnccn1. The molecule has 9 heteroatoms. The maximum atomic E-state index is 12.7. The van der Waals surface area contributed by atoms with Gasteiger partial charge in [0.15, 0.2) is 0 Å². The van der Waals surface area contributed by atoms with Gasteiger partial charge in [-0.05, 0) is 17.9 Å². The minimum absolute atomic E-state index is 0.0624. The van der Waals surface area contributed by atoms with Crippen LogP contribution in [0.2, 0.25) is 0 Å². The summed E-state index contributed by atoms with van der Waals surface area (Å²) in [6, 6.07) is 2.65. The van der Waals surface area contributed by atoms with Gasteiger partial charge in [-0.15, -0.1) is 11.3 Å². The van der Waals surface area contributed by atoms with Crippen LogP contribution in [-0.4, -0.2) is 58.3 Å². The Bertz CT molecular complexity index is 781. The van der Waals surface area contributed by atoms with Gasteiger partial charge in [0.05, 0.1) is 17.0 Å². The lowest BCUT2D eigenvalue weighted by atomic mass is 10.1. The van der Waals surface area contributed by atoms with E-state index >= 15 is 0 Å². The fourth-order valence-corrected chi connectivity index (χ4v) is 3.60. The smallest absolute Gasteiger partial charge is 0.261 e. The first-order chi connectivity index (χ1) is 12.6. The van der Waals surface area contributed by atoms with Crippen LogP contribution in [-0.2, 0) is 16.0 Å². The number of rotatable bonds is 5. The fourth-order valence-electron chi connectivity index (χ4n) is 2.97. The highest BCUT2D eigenvalue weighted by molar-refractivity contribution is 7.12. The van der Waals surface area contributed by atoms with Crippen LogP contribution in [0.25, 0.3) is 0 Å². The predicted molar refractivity (Wildman–Crippen MR) is 95.5 cm³/mol. The molecule has 0 unspecified atom stereocenters. The minimum atomic E-state index is -0.613. The Labute approximate surface area is 154 Å². The number of thiophene rings is 1. The van der Waals surface area contributed by atoms with Gasteiger partial charge in [0.1, 0.15) is 6.04 Å². The number of carbonyl (C=O) groups excluding carboxylic acids is 3. The molecule has 2 N–H and O–H groups in total. The third-order valence-corrected chi connectivity index (χ3v) is 5.07. The predicted octanol–water partition coefficient (Wildman–Crippen LogP) is 0.226. The van der Waals surface area contributed by atoms with Crippen molar-refractivity contribution in [3.8, 4) is 0 Å². The molecule has 2 aromatic rings. The van der Waals surface area contributed by atoms with Crippen molar-refractivity contribution < 1.29 is 14.4 Å². The van der Waals surface area contributed by atoms with Gasteiger partial charge in [0.25, 0.3) is 5.91 Å². The summed E-state index contributed by atoms with van der Waals surface area (Å²) in [6.45, 7) is 0.286. The monoisotopic (exact) mass is 373 g/mol. The van der Waals surface area contributed by atoms with Crippen molar-refractivity contribution in [2.75, 3.05) is 13.6 Å². The van der Waals surface area contributed by atoms with Gasteiger partial charge in [-0.25, -0.2) is 0 Å². The molecule has 3 rings (SSSR count). The number of likely N-dealkylation sites (N-methyl/N-ethyl adjacent to an activating group) is 1. The highest BCUT2D eigenvalue weighted by atomic mass is 32.1. The second-order valence-corrected chi connectivity index (χ2v) is 6.88. The Morgan fingerprint density at radius 2 is 2.19 bits per heavy atom. The van der Waals surface area contributed by atoms with Crippen LogP contribution in [0.3, 0.4) is 0 Å². The Morgan fingerprint density at radius 1 is 1.35 bits per heavy atom. The molecule has 2 atom stereocenters. The Hall–Kier alpha value is -2.81. The van der Waals surface area contributed by atoms with E-state index in [0.29, 0.717) is 17.0 Å². The van der Waals surface area contributed by atoms with Crippen molar-refractivity contribution in [1.82, 2.24) is 25.5 Å². The van der Waals surface area contributed by atoms with Crippen molar-refractivity contribution in [2.24, 2.45) is 0 Å². The molecule has 3 heterocycles. The van der Waals surface area contributed by atoms with Crippen molar-refractivity contribution in [3.05, 3.63) is 46.7 Å². The van der Waals surface area contributed by atoms with Crippen LogP contribution in [0.15, 0.2) is 36.1 Å². The molecule has 1 aliphatic heterocycles. The molecule has 26 heavy (non-hydrogen) atoms. The van der Waals surface area contributed by atoms with E-state index in [-0.39, 0.29) is 36.7 Å². The molecule has 1 saturated heterocycles. The van der Waals surface area contributed by atoms with E-state index in [1.807, 2.05) is 5.38 Å². The molecule has 0 bridgehead atoms. The first-order valence-corrected chi connectivity index (χ1v) is 9.06. The van der Waals surface area contributed by atoms with Crippen molar-refractivity contribution in [2.45, 2.75) is 24.9 Å². The number of nitrogens with one attached hydrogen (secondary N) is 2. The molecule has 2 aromatic heterocycles. The summed E-state index contributed by atoms with van der Waals surface area (Å²) >= 11 is 1.35. The quantitative estimate of drug-likeness (QED) is 0.781. The normalized spacial score (nSPS) is 19.2. The average Bonchev–Trinajstić information content (AvgIpc) is 3.32. The molecule has 136 valence electrons.